The Labute approximate surface area is 168 Å². The molecule has 0 saturated carbocycles. The lowest BCUT2D eigenvalue weighted by Crippen LogP contribution is -2.28. The summed E-state index contributed by atoms with van der Waals surface area (Å²) in [5.41, 5.74) is 4.06. The third kappa shape index (κ3) is 4.67. The first-order chi connectivity index (χ1) is 14.2. The quantitative estimate of drug-likeness (QED) is 0.678. The molecule has 6 heteroatoms. The van der Waals surface area contributed by atoms with E-state index in [0.29, 0.717) is 24.2 Å². The Morgan fingerprint density at radius 3 is 2.62 bits per heavy atom. The number of aliphatic hydroxyl groups is 1. The van der Waals surface area contributed by atoms with Crippen LogP contribution in [0.15, 0.2) is 84.3 Å². The normalized spacial score (nSPS) is 16.6. The molecule has 1 aliphatic heterocycles. The predicted molar refractivity (Wildman–Crippen MR) is 110 cm³/mol. The fourth-order valence-electron chi connectivity index (χ4n) is 3.19. The van der Waals surface area contributed by atoms with Crippen LogP contribution in [0.3, 0.4) is 0 Å². The van der Waals surface area contributed by atoms with E-state index in [9.17, 15) is 9.90 Å². The summed E-state index contributed by atoms with van der Waals surface area (Å²) < 4.78 is 0. The second kappa shape index (κ2) is 8.67. The highest BCUT2D eigenvalue weighted by atomic mass is 16.6. The van der Waals surface area contributed by atoms with E-state index in [4.69, 9.17) is 4.84 Å². The predicted octanol–water partition coefficient (Wildman–Crippen LogP) is 3.49. The van der Waals surface area contributed by atoms with Gasteiger partial charge in [-0.2, -0.15) is 0 Å². The van der Waals surface area contributed by atoms with Crippen molar-refractivity contribution in [2.75, 3.05) is 5.32 Å². The molecule has 2 aromatic carbocycles. The molecule has 146 valence electrons. The maximum absolute atomic E-state index is 12.5. The van der Waals surface area contributed by atoms with Crippen molar-refractivity contribution in [3.8, 4) is 0 Å². The number of nitrogens with one attached hydrogen (secondary N) is 1. The first kappa shape index (κ1) is 18.8. The van der Waals surface area contributed by atoms with Gasteiger partial charge in [0.05, 0.1) is 11.8 Å². The summed E-state index contributed by atoms with van der Waals surface area (Å²) in [7, 11) is 0. The Bertz CT molecular complexity index is 989. The van der Waals surface area contributed by atoms with E-state index in [0.717, 1.165) is 16.7 Å². The molecule has 2 heterocycles. The number of nitrogens with zero attached hydrogens (tertiary/aromatic N) is 2. The highest BCUT2D eigenvalue weighted by Crippen LogP contribution is 2.22. The van der Waals surface area contributed by atoms with Crippen LogP contribution in [0.2, 0.25) is 0 Å². The van der Waals surface area contributed by atoms with Crippen molar-refractivity contribution in [3.63, 3.8) is 0 Å². The van der Waals surface area contributed by atoms with Crippen LogP contribution in [0, 0.1) is 0 Å². The standard InChI is InChI=1S/C23H21N3O3/c27-21(13-16-5-2-1-3-6-16)17-8-10-19(11-9-17)25-23(28)22-14-20(26-29-22)18-7-4-12-24-15-18/h1-12,15,21-22,27H,13-14H2,(H,25,28). The lowest BCUT2D eigenvalue weighted by Gasteiger charge is -2.13. The second-order valence-corrected chi connectivity index (χ2v) is 6.89. The largest absolute Gasteiger partial charge is 0.388 e. The van der Waals surface area contributed by atoms with Crippen molar-refractivity contribution in [1.82, 2.24) is 4.98 Å². The third-order valence-corrected chi connectivity index (χ3v) is 4.79. The molecule has 1 amide bonds. The minimum Gasteiger partial charge on any atom is -0.388 e. The van der Waals surface area contributed by atoms with Crippen LogP contribution in [0.25, 0.3) is 0 Å². The molecule has 0 fully saturated rings. The number of pyridine rings is 1. The van der Waals surface area contributed by atoms with Crippen LogP contribution < -0.4 is 5.32 Å². The van der Waals surface area contributed by atoms with Crippen molar-refractivity contribution in [1.29, 1.82) is 0 Å². The molecular formula is C23H21N3O3. The van der Waals surface area contributed by atoms with Gasteiger partial charge >= 0.3 is 0 Å². The van der Waals surface area contributed by atoms with Gasteiger partial charge in [0.1, 0.15) is 0 Å². The Balaban J connectivity index is 1.32. The second-order valence-electron chi connectivity index (χ2n) is 6.89. The van der Waals surface area contributed by atoms with Gasteiger partial charge in [-0.05, 0) is 35.4 Å². The van der Waals surface area contributed by atoms with Crippen molar-refractivity contribution in [2.45, 2.75) is 25.0 Å². The molecule has 6 nitrogen and oxygen atoms in total. The van der Waals surface area contributed by atoms with Gasteiger partial charge in [0.25, 0.3) is 5.91 Å². The number of hydrogen-bond donors (Lipinski definition) is 2. The Hall–Kier alpha value is -3.51. The Morgan fingerprint density at radius 2 is 1.90 bits per heavy atom. The van der Waals surface area contributed by atoms with Crippen LogP contribution in [0.1, 0.15) is 29.2 Å². The first-order valence-corrected chi connectivity index (χ1v) is 9.45. The summed E-state index contributed by atoms with van der Waals surface area (Å²) >= 11 is 0. The first-order valence-electron chi connectivity index (χ1n) is 9.45. The highest BCUT2D eigenvalue weighted by molar-refractivity contribution is 6.05. The van der Waals surface area contributed by atoms with Crippen molar-refractivity contribution >= 4 is 17.3 Å². The number of carbonyl (C=O) groups excluding carboxylic acids is 1. The SMILES string of the molecule is O=C(Nc1ccc(C(O)Cc2ccccc2)cc1)C1CC(c2cccnc2)=NO1. The van der Waals surface area contributed by atoms with Crippen molar-refractivity contribution in [2.24, 2.45) is 5.16 Å². The number of aromatic nitrogens is 1. The van der Waals surface area contributed by atoms with Gasteiger partial charge in [0.15, 0.2) is 0 Å². The Morgan fingerprint density at radius 1 is 1.10 bits per heavy atom. The van der Waals surface area contributed by atoms with Gasteiger partial charge in [-0.3, -0.25) is 9.78 Å². The summed E-state index contributed by atoms with van der Waals surface area (Å²) in [6.07, 6.45) is 3.04. The van der Waals surface area contributed by atoms with E-state index in [1.807, 2.05) is 54.6 Å². The highest BCUT2D eigenvalue weighted by Gasteiger charge is 2.29. The number of aliphatic hydroxyl groups excluding tert-OH is 1. The van der Waals surface area contributed by atoms with E-state index in [1.54, 1.807) is 24.5 Å². The van der Waals surface area contributed by atoms with Crippen molar-refractivity contribution in [3.05, 3.63) is 95.8 Å². The number of anilines is 1. The van der Waals surface area contributed by atoms with E-state index >= 15 is 0 Å². The average Bonchev–Trinajstić information content (AvgIpc) is 3.26. The number of carbonyl (C=O) groups is 1. The van der Waals surface area contributed by atoms with Crippen LogP contribution in [-0.4, -0.2) is 27.8 Å². The molecule has 0 aliphatic carbocycles. The van der Waals surface area contributed by atoms with Gasteiger partial charge in [0, 0.05) is 36.5 Å². The van der Waals surface area contributed by atoms with Gasteiger partial charge in [0.2, 0.25) is 6.10 Å². The van der Waals surface area contributed by atoms with Crippen molar-refractivity contribution < 1.29 is 14.7 Å². The molecule has 2 unspecified atom stereocenters. The minimum atomic E-state index is -0.673. The Kier molecular flexibility index (Phi) is 5.63. The molecule has 0 bridgehead atoms. The summed E-state index contributed by atoms with van der Waals surface area (Å²) in [4.78, 5) is 21.8. The van der Waals surface area contributed by atoms with E-state index in [2.05, 4.69) is 15.5 Å². The summed E-state index contributed by atoms with van der Waals surface area (Å²) in [5.74, 6) is -0.259. The minimum absolute atomic E-state index is 0.259. The smallest absolute Gasteiger partial charge is 0.268 e. The zero-order chi connectivity index (χ0) is 20.1. The van der Waals surface area contributed by atoms with Gasteiger partial charge in [-0.15, -0.1) is 0 Å². The zero-order valence-corrected chi connectivity index (χ0v) is 15.7. The van der Waals surface area contributed by atoms with Gasteiger partial charge < -0.3 is 15.3 Å². The third-order valence-electron chi connectivity index (χ3n) is 4.79. The number of oxime groups is 1. The van der Waals surface area contributed by atoms with Crippen LogP contribution in [-0.2, 0) is 16.1 Å². The fraction of sp³-hybridized carbons (Fsp3) is 0.174. The summed E-state index contributed by atoms with van der Waals surface area (Å²) in [6.45, 7) is 0. The van der Waals surface area contributed by atoms with Crippen LogP contribution in [0.5, 0.6) is 0 Å². The molecule has 0 saturated heterocycles. The van der Waals surface area contributed by atoms with E-state index < -0.39 is 12.2 Å². The molecule has 0 radical (unpaired) electrons. The fourth-order valence-corrected chi connectivity index (χ4v) is 3.19. The number of rotatable bonds is 6. The molecular weight excluding hydrogens is 366 g/mol. The average molecular weight is 387 g/mol. The molecule has 2 atom stereocenters. The molecule has 1 aliphatic rings. The molecule has 4 rings (SSSR count). The maximum atomic E-state index is 12.5. The van der Waals surface area contributed by atoms with Gasteiger partial charge in [-0.25, -0.2) is 0 Å². The van der Waals surface area contributed by atoms with Gasteiger partial charge in [-0.1, -0.05) is 47.6 Å². The molecule has 1 aromatic heterocycles. The lowest BCUT2D eigenvalue weighted by atomic mass is 10.0. The van der Waals surface area contributed by atoms with Crippen LogP contribution in [0.4, 0.5) is 5.69 Å². The zero-order valence-electron chi connectivity index (χ0n) is 15.7. The maximum Gasteiger partial charge on any atom is 0.268 e. The van der Waals surface area contributed by atoms with E-state index in [1.165, 1.54) is 0 Å². The molecule has 29 heavy (non-hydrogen) atoms. The monoisotopic (exact) mass is 387 g/mol. The molecule has 0 spiro atoms. The van der Waals surface area contributed by atoms with Crippen LogP contribution >= 0.6 is 0 Å². The number of benzene rings is 2. The summed E-state index contributed by atoms with van der Waals surface area (Å²) in [5, 5.41) is 17.3. The molecule has 2 N–H and O–H groups in total. The number of hydrogen-bond acceptors (Lipinski definition) is 5. The molecule has 3 aromatic rings. The number of amides is 1. The van der Waals surface area contributed by atoms with E-state index in [-0.39, 0.29) is 5.91 Å². The lowest BCUT2D eigenvalue weighted by molar-refractivity contribution is -0.125. The summed E-state index contributed by atoms with van der Waals surface area (Å²) in [6, 6.07) is 20.7. The topological polar surface area (TPSA) is 83.8 Å².